The molecule has 2 aromatic rings. The fraction of sp³-hybridized carbons (Fsp3) is 0.333. The van der Waals surface area contributed by atoms with E-state index in [0.717, 1.165) is 23.2 Å². The molecule has 2 aliphatic rings. The van der Waals surface area contributed by atoms with Crippen molar-refractivity contribution in [2.24, 2.45) is 0 Å². The van der Waals surface area contributed by atoms with Gasteiger partial charge in [0.2, 0.25) is 10.0 Å². The van der Waals surface area contributed by atoms with E-state index in [-0.39, 0.29) is 24.2 Å². The summed E-state index contributed by atoms with van der Waals surface area (Å²) in [6.45, 7) is 3.45. The maximum absolute atomic E-state index is 13.0. The van der Waals surface area contributed by atoms with Gasteiger partial charge in [0.1, 0.15) is 5.82 Å². The van der Waals surface area contributed by atoms with Gasteiger partial charge in [0.15, 0.2) is 0 Å². The second-order valence-corrected chi connectivity index (χ2v) is 8.63. The molecule has 1 unspecified atom stereocenters. The van der Waals surface area contributed by atoms with Crippen LogP contribution in [0.3, 0.4) is 0 Å². The number of nitrogens with zero attached hydrogens (tertiary/aromatic N) is 2. The molecule has 4 rings (SSSR count). The predicted molar refractivity (Wildman–Crippen MR) is 90.1 cm³/mol. The number of rotatable bonds is 2. The first-order chi connectivity index (χ1) is 11.4. The molecule has 1 atom stereocenters. The summed E-state index contributed by atoms with van der Waals surface area (Å²) in [6.07, 6.45) is 0. The van der Waals surface area contributed by atoms with Gasteiger partial charge >= 0.3 is 0 Å². The van der Waals surface area contributed by atoms with E-state index in [1.807, 2.05) is 6.92 Å². The van der Waals surface area contributed by atoms with Crippen LogP contribution >= 0.6 is 0 Å². The molecule has 0 N–H and O–H groups in total. The number of halogens is 1. The van der Waals surface area contributed by atoms with E-state index < -0.39 is 10.0 Å². The van der Waals surface area contributed by atoms with Crippen LogP contribution in [0.15, 0.2) is 42.5 Å². The maximum atomic E-state index is 13.0. The smallest absolute Gasteiger partial charge is 0.217 e. The first kappa shape index (κ1) is 15.7. The molecule has 4 nitrogen and oxygen atoms in total. The van der Waals surface area contributed by atoms with Gasteiger partial charge < -0.3 is 0 Å². The van der Waals surface area contributed by atoms with Gasteiger partial charge in [0, 0.05) is 13.1 Å². The second kappa shape index (κ2) is 5.65. The van der Waals surface area contributed by atoms with E-state index in [2.05, 4.69) is 23.1 Å². The van der Waals surface area contributed by atoms with Crippen LogP contribution in [0.2, 0.25) is 0 Å². The van der Waals surface area contributed by atoms with Crippen LogP contribution in [0.5, 0.6) is 0 Å². The largest absolute Gasteiger partial charge is 0.277 e. The van der Waals surface area contributed by atoms with Crippen molar-refractivity contribution in [1.29, 1.82) is 0 Å². The third kappa shape index (κ3) is 2.75. The summed E-state index contributed by atoms with van der Waals surface area (Å²) < 4.78 is 40.0. The molecule has 0 amide bonds. The van der Waals surface area contributed by atoms with Crippen molar-refractivity contribution in [3.8, 4) is 0 Å². The lowest BCUT2D eigenvalue weighted by molar-refractivity contribution is 0.137. The Morgan fingerprint density at radius 2 is 1.92 bits per heavy atom. The summed E-state index contributed by atoms with van der Waals surface area (Å²) in [7, 11) is -3.34. The molecular weight excluding hydrogens is 327 g/mol. The fourth-order valence-electron chi connectivity index (χ4n) is 3.58. The molecule has 6 heteroatoms. The summed E-state index contributed by atoms with van der Waals surface area (Å²) in [6, 6.07) is 12.2. The molecule has 0 saturated carbocycles. The fourth-order valence-corrected chi connectivity index (χ4v) is 5.25. The minimum absolute atomic E-state index is 0.0608. The zero-order valence-electron chi connectivity index (χ0n) is 13.4. The number of fused-ring (bicyclic) bond motifs is 3. The minimum atomic E-state index is -3.34. The van der Waals surface area contributed by atoms with Gasteiger partial charge in [-0.05, 0) is 35.7 Å². The minimum Gasteiger partial charge on any atom is -0.277 e. The number of sulfonamides is 1. The van der Waals surface area contributed by atoms with Gasteiger partial charge in [-0.2, -0.15) is 4.31 Å². The summed E-state index contributed by atoms with van der Waals surface area (Å²) in [5.41, 5.74) is 4.30. The Balaban J connectivity index is 1.60. The highest BCUT2D eigenvalue weighted by Crippen LogP contribution is 2.39. The molecule has 2 heterocycles. The molecule has 1 saturated heterocycles. The van der Waals surface area contributed by atoms with Crippen LogP contribution in [0, 0.1) is 12.7 Å². The highest BCUT2D eigenvalue weighted by molar-refractivity contribution is 7.89. The van der Waals surface area contributed by atoms with Crippen molar-refractivity contribution in [1.82, 2.24) is 9.21 Å². The van der Waals surface area contributed by atoms with E-state index in [1.165, 1.54) is 22.0 Å². The Morgan fingerprint density at radius 3 is 2.67 bits per heavy atom. The van der Waals surface area contributed by atoms with Gasteiger partial charge in [0.05, 0.1) is 18.5 Å². The van der Waals surface area contributed by atoms with E-state index >= 15 is 0 Å². The predicted octanol–water partition coefficient (Wildman–Crippen LogP) is 2.79. The van der Waals surface area contributed by atoms with Gasteiger partial charge in [0.25, 0.3) is 0 Å². The SMILES string of the molecule is Cc1ccc2c(c1)C1CS(=O)(=O)N(Cc3ccc(F)cc3)CN1C2. The van der Waals surface area contributed by atoms with Crippen LogP contribution in [-0.2, 0) is 23.1 Å². The number of aryl methyl sites for hydroxylation is 1. The van der Waals surface area contributed by atoms with E-state index in [4.69, 9.17) is 0 Å². The summed E-state index contributed by atoms with van der Waals surface area (Å²) in [4.78, 5) is 2.20. The number of hydrogen-bond donors (Lipinski definition) is 0. The summed E-state index contributed by atoms with van der Waals surface area (Å²) >= 11 is 0. The summed E-state index contributed by atoms with van der Waals surface area (Å²) in [5.74, 6) is -0.212. The molecule has 0 spiro atoms. The van der Waals surface area contributed by atoms with Gasteiger partial charge in [-0.25, -0.2) is 12.8 Å². The lowest BCUT2D eigenvalue weighted by Gasteiger charge is -2.37. The zero-order chi connectivity index (χ0) is 16.9. The van der Waals surface area contributed by atoms with Crippen molar-refractivity contribution in [3.63, 3.8) is 0 Å². The maximum Gasteiger partial charge on any atom is 0.217 e. The number of hydrogen-bond acceptors (Lipinski definition) is 3. The van der Waals surface area contributed by atoms with E-state index in [0.29, 0.717) is 6.67 Å². The molecule has 0 aliphatic carbocycles. The first-order valence-corrected chi connectivity index (χ1v) is 9.59. The highest BCUT2D eigenvalue weighted by Gasteiger charge is 2.42. The standard InChI is InChI=1S/C18H19FN2O2S/c1-13-2-5-15-10-20-12-21(9-14-3-6-16(19)7-4-14)24(22,23)11-18(20)17(15)8-13/h2-8,18H,9-12H2,1H3. The van der Waals surface area contributed by atoms with Crippen LogP contribution in [0.4, 0.5) is 4.39 Å². The normalized spacial score (nSPS) is 23.0. The zero-order valence-corrected chi connectivity index (χ0v) is 14.3. The Bertz CT molecular complexity index is 880. The highest BCUT2D eigenvalue weighted by atomic mass is 32.2. The quantitative estimate of drug-likeness (QED) is 0.840. The Hall–Kier alpha value is -1.76. The molecular formula is C18H19FN2O2S. The Kier molecular flexibility index (Phi) is 3.71. The molecule has 126 valence electrons. The van der Waals surface area contributed by atoms with Crippen molar-refractivity contribution in [3.05, 3.63) is 70.5 Å². The van der Waals surface area contributed by atoms with Crippen molar-refractivity contribution < 1.29 is 12.8 Å². The van der Waals surface area contributed by atoms with Crippen LogP contribution in [0.25, 0.3) is 0 Å². The van der Waals surface area contributed by atoms with E-state index in [1.54, 1.807) is 12.1 Å². The number of benzene rings is 2. The van der Waals surface area contributed by atoms with Crippen molar-refractivity contribution in [2.75, 3.05) is 12.4 Å². The molecule has 0 aromatic heterocycles. The van der Waals surface area contributed by atoms with E-state index in [9.17, 15) is 12.8 Å². The van der Waals surface area contributed by atoms with Crippen molar-refractivity contribution >= 4 is 10.0 Å². The third-order valence-corrected chi connectivity index (χ3v) is 6.62. The van der Waals surface area contributed by atoms with Crippen molar-refractivity contribution in [2.45, 2.75) is 26.1 Å². The van der Waals surface area contributed by atoms with Gasteiger partial charge in [-0.3, -0.25) is 4.90 Å². The van der Waals surface area contributed by atoms with Gasteiger partial charge in [-0.15, -0.1) is 0 Å². The first-order valence-electron chi connectivity index (χ1n) is 7.98. The molecule has 0 radical (unpaired) electrons. The van der Waals surface area contributed by atoms with Crippen LogP contribution < -0.4 is 0 Å². The Morgan fingerprint density at radius 1 is 1.17 bits per heavy atom. The lowest BCUT2D eigenvalue weighted by atomic mass is 10.0. The molecule has 24 heavy (non-hydrogen) atoms. The third-order valence-electron chi connectivity index (χ3n) is 4.85. The average Bonchev–Trinajstić information content (AvgIpc) is 2.86. The van der Waals surface area contributed by atoms with Gasteiger partial charge in [-0.1, -0.05) is 35.9 Å². The monoisotopic (exact) mass is 346 g/mol. The molecule has 2 aromatic carbocycles. The Labute approximate surface area is 141 Å². The molecule has 1 fully saturated rings. The average molecular weight is 346 g/mol. The molecule has 0 bridgehead atoms. The van der Waals surface area contributed by atoms with Crippen LogP contribution in [-0.4, -0.2) is 30.0 Å². The lowest BCUT2D eigenvalue weighted by Crippen LogP contribution is -2.49. The molecule has 2 aliphatic heterocycles. The topological polar surface area (TPSA) is 40.6 Å². The second-order valence-electron chi connectivity index (χ2n) is 6.62. The van der Waals surface area contributed by atoms with Crippen LogP contribution in [0.1, 0.15) is 28.3 Å². The summed E-state index contributed by atoms with van der Waals surface area (Å²) in [5, 5.41) is 0.